The van der Waals surface area contributed by atoms with Crippen molar-refractivity contribution >= 4 is 16.8 Å². The van der Waals surface area contributed by atoms with Gasteiger partial charge in [-0.05, 0) is 45.2 Å². The quantitative estimate of drug-likeness (QED) is 0.786. The molecule has 1 saturated heterocycles. The molecule has 0 saturated carbocycles. The summed E-state index contributed by atoms with van der Waals surface area (Å²) in [6.45, 7) is 6.73. The van der Waals surface area contributed by atoms with Gasteiger partial charge in [-0.3, -0.25) is 4.79 Å². The van der Waals surface area contributed by atoms with Crippen LogP contribution in [0.25, 0.3) is 10.9 Å². The summed E-state index contributed by atoms with van der Waals surface area (Å²) in [5, 5.41) is 5.21. The normalized spacial score (nSPS) is 17.6. The molecule has 0 bridgehead atoms. The van der Waals surface area contributed by atoms with Crippen LogP contribution >= 0.6 is 0 Å². The maximum absolute atomic E-state index is 13.1. The van der Waals surface area contributed by atoms with Crippen LogP contribution in [0.2, 0.25) is 0 Å². The highest BCUT2D eigenvalue weighted by atomic mass is 16.5. The number of rotatable bonds is 3. The lowest BCUT2D eigenvalue weighted by Gasteiger charge is -2.25. The summed E-state index contributed by atoms with van der Waals surface area (Å²) in [4.78, 5) is 18.5. The average molecular weight is 337 g/mol. The van der Waals surface area contributed by atoms with Crippen LogP contribution in [0.4, 0.5) is 0 Å². The SMILES string of the molecule is Cc1noc(C)c1[C@@H]1CCCN1C(=O)Cc1c(C)[nH]c2ccccc12. The van der Waals surface area contributed by atoms with Crippen molar-refractivity contribution in [1.82, 2.24) is 15.0 Å². The molecule has 1 N–H and O–H groups in total. The highest BCUT2D eigenvalue weighted by Crippen LogP contribution is 2.36. The Kier molecular flexibility index (Phi) is 3.86. The van der Waals surface area contributed by atoms with Crippen LogP contribution in [0.15, 0.2) is 28.8 Å². The lowest BCUT2D eigenvalue weighted by Crippen LogP contribution is -2.32. The van der Waals surface area contributed by atoms with Crippen LogP contribution in [0.5, 0.6) is 0 Å². The van der Waals surface area contributed by atoms with Crippen molar-refractivity contribution in [2.45, 2.75) is 46.1 Å². The Bertz CT molecular complexity index is 918. The topological polar surface area (TPSA) is 62.1 Å². The second-order valence-corrected chi connectivity index (χ2v) is 6.93. The fraction of sp³-hybridized carbons (Fsp3) is 0.400. The number of nitrogens with zero attached hydrogens (tertiary/aromatic N) is 2. The van der Waals surface area contributed by atoms with Crippen LogP contribution < -0.4 is 0 Å². The van der Waals surface area contributed by atoms with Crippen molar-refractivity contribution in [3.63, 3.8) is 0 Å². The lowest BCUT2D eigenvalue weighted by molar-refractivity contribution is -0.131. The van der Waals surface area contributed by atoms with Gasteiger partial charge in [0, 0.05) is 28.7 Å². The van der Waals surface area contributed by atoms with Crippen LogP contribution in [0.3, 0.4) is 0 Å². The van der Waals surface area contributed by atoms with Crippen molar-refractivity contribution < 1.29 is 9.32 Å². The minimum absolute atomic E-state index is 0.0873. The van der Waals surface area contributed by atoms with E-state index in [9.17, 15) is 4.79 Å². The van der Waals surface area contributed by atoms with E-state index in [0.717, 1.165) is 58.6 Å². The van der Waals surface area contributed by atoms with E-state index in [1.54, 1.807) is 0 Å². The minimum Gasteiger partial charge on any atom is -0.361 e. The number of benzene rings is 1. The highest BCUT2D eigenvalue weighted by molar-refractivity contribution is 5.90. The van der Waals surface area contributed by atoms with Gasteiger partial charge in [-0.2, -0.15) is 0 Å². The molecule has 25 heavy (non-hydrogen) atoms. The Morgan fingerprint density at radius 1 is 1.32 bits per heavy atom. The number of hydrogen-bond acceptors (Lipinski definition) is 3. The van der Waals surface area contributed by atoms with E-state index in [4.69, 9.17) is 4.52 Å². The van der Waals surface area contributed by atoms with E-state index in [0.29, 0.717) is 6.42 Å². The number of amides is 1. The number of hydrogen-bond donors (Lipinski definition) is 1. The zero-order chi connectivity index (χ0) is 17.6. The Balaban J connectivity index is 1.63. The van der Waals surface area contributed by atoms with Gasteiger partial charge in [-0.1, -0.05) is 23.4 Å². The Morgan fingerprint density at radius 2 is 2.12 bits per heavy atom. The Morgan fingerprint density at radius 3 is 2.88 bits per heavy atom. The molecule has 0 aliphatic carbocycles. The molecule has 3 aromatic rings. The predicted molar refractivity (Wildman–Crippen MR) is 96.4 cm³/mol. The Labute approximate surface area is 147 Å². The summed E-state index contributed by atoms with van der Waals surface area (Å²) in [6, 6.07) is 8.25. The molecule has 1 amide bonds. The number of aromatic nitrogens is 2. The van der Waals surface area contributed by atoms with E-state index in [1.165, 1.54) is 0 Å². The van der Waals surface area contributed by atoms with E-state index >= 15 is 0 Å². The molecule has 4 rings (SSSR count). The van der Waals surface area contributed by atoms with Gasteiger partial charge in [0.15, 0.2) is 0 Å². The van der Waals surface area contributed by atoms with Gasteiger partial charge in [0.1, 0.15) is 5.76 Å². The minimum atomic E-state index is 0.0873. The first-order chi connectivity index (χ1) is 12.1. The molecule has 0 spiro atoms. The molecule has 5 nitrogen and oxygen atoms in total. The summed E-state index contributed by atoms with van der Waals surface area (Å²) < 4.78 is 5.33. The summed E-state index contributed by atoms with van der Waals surface area (Å²) in [7, 11) is 0. The number of nitrogens with one attached hydrogen (secondary N) is 1. The molecule has 130 valence electrons. The van der Waals surface area contributed by atoms with Crippen LogP contribution in [0, 0.1) is 20.8 Å². The van der Waals surface area contributed by atoms with Crippen molar-refractivity contribution in [2.24, 2.45) is 0 Å². The van der Waals surface area contributed by atoms with Gasteiger partial charge in [0.25, 0.3) is 0 Å². The lowest BCUT2D eigenvalue weighted by atomic mass is 10.0. The maximum Gasteiger partial charge on any atom is 0.227 e. The summed E-state index contributed by atoms with van der Waals surface area (Å²) >= 11 is 0. The number of aromatic amines is 1. The Hall–Kier alpha value is -2.56. The first kappa shape index (κ1) is 15.9. The number of carbonyl (C=O) groups excluding carboxylic acids is 1. The summed E-state index contributed by atoms with van der Waals surface area (Å²) in [5.74, 6) is 1.00. The van der Waals surface area contributed by atoms with Crippen molar-refractivity contribution in [1.29, 1.82) is 0 Å². The second-order valence-electron chi connectivity index (χ2n) is 6.93. The summed E-state index contributed by atoms with van der Waals surface area (Å²) in [5.41, 5.74) is 5.24. The fourth-order valence-electron chi connectivity index (χ4n) is 4.15. The maximum atomic E-state index is 13.1. The molecule has 0 radical (unpaired) electrons. The van der Waals surface area contributed by atoms with Gasteiger partial charge in [0.2, 0.25) is 5.91 Å². The predicted octanol–water partition coefficient (Wildman–Crippen LogP) is 3.99. The molecule has 5 heteroatoms. The zero-order valence-corrected chi connectivity index (χ0v) is 14.9. The third kappa shape index (κ3) is 2.64. The first-order valence-corrected chi connectivity index (χ1v) is 8.84. The number of aryl methyl sites for hydroxylation is 3. The second kappa shape index (κ2) is 6.06. The van der Waals surface area contributed by atoms with Gasteiger partial charge >= 0.3 is 0 Å². The molecule has 2 aromatic heterocycles. The van der Waals surface area contributed by atoms with Gasteiger partial charge in [-0.25, -0.2) is 0 Å². The van der Waals surface area contributed by atoms with Crippen LogP contribution in [-0.4, -0.2) is 27.5 Å². The number of fused-ring (bicyclic) bond motifs is 1. The molecule has 1 aromatic carbocycles. The molecule has 1 atom stereocenters. The molecular weight excluding hydrogens is 314 g/mol. The smallest absolute Gasteiger partial charge is 0.227 e. The van der Waals surface area contributed by atoms with E-state index in [1.807, 2.05) is 37.8 Å². The van der Waals surface area contributed by atoms with Gasteiger partial charge in [-0.15, -0.1) is 0 Å². The number of likely N-dealkylation sites (tertiary alicyclic amines) is 1. The summed E-state index contributed by atoms with van der Waals surface area (Å²) in [6.07, 6.45) is 2.42. The largest absolute Gasteiger partial charge is 0.361 e. The zero-order valence-electron chi connectivity index (χ0n) is 14.9. The molecule has 1 aliphatic rings. The van der Waals surface area contributed by atoms with E-state index < -0.39 is 0 Å². The van der Waals surface area contributed by atoms with Gasteiger partial charge in [0.05, 0.1) is 18.2 Å². The molecule has 1 aliphatic heterocycles. The van der Waals surface area contributed by atoms with E-state index in [2.05, 4.69) is 22.3 Å². The number of carbonyl (C=O) groups is 1. The molecule has 0 unspecified atom stereocenters. The molecular formula is C20H23N3O2. The first-order valence-electron chi connectivity index (χ1n) is 8.84. The average Bonchev–Trinajstić information content (AvgIpc) is 3.26. The standard InChI is InChI=1S/C20H23N3O2/c1-12-16(15-7-4-5-8-17(15)21-12)11-19(24)23-10-6-9-18(23)20-13(2)22-25-14(20)3/h4-5,7-8,18,21H,6,9-11H2,1-3H3/t18-/m0/s1. The molecule has 1 fully saturated rings. The van der Waals surface area contributed by atoms with E-state index in [-0.39, 0.29) is 11.9 Å². The number of H-pyrrole nitrogens is 1. The third-order valence-electron chi connectivity index (χ3n) is 5.35. The van der Waals surface area contributed by atoms with Crippen molar-refractivity contribution in [3.05, 3.63) is 52.5 Å². The monoisotopic (exact) mass is 337 g/mol. The molecule has 3 heterocycles. The third-order valence-corrected chi connectivity index (χ3v) is 5.35. The van der Waals surface area contributed by atoms with Crippen molar-refractivity contribution in [3.8, 4) is 0 Å². The van der Waals surface area contributed by atoms with Gasteiger partial charge < -0.3 is 14.4 Å². The highest BCUT2D eigenvalue weighted by Gasteiger charge is 2.34. The number of para-hydroxylation sites is 1. The van der Waals surface area contributed by atoms with Crippen molar-refractivity contribution in [2.75, 3.05) is 6.54 Å². The van der Waals surface area contributed by atoms with Crippen LogP contribution in [-0.2, 0) is 11.2 Å². The van der Waals surface area contributed by atoms with Crippen LogP contribution in [0.1, 0.15) is 47.2 Å². The fourth-order valence-corrected chi connectivity index (χ4v) is 4.15.